The van der Waals surface area contributed by atoms with Gasteiger partial charge in [0.25, 0.3) is 6.71 Å². The van der Waals surface area contributed by atoms with E-state index < -0.39 is 0 Å². The molecule has 9 aromatic carbocycles. The largest absolute Gasteiger partial charge is 0.310 e. The van der Waals surface area contributed by atoms with Gasteiger partial charge in [-0.1, -0.05) is 261 Å². The van der Waals surface area contributed by atoms with Crippen molar-refractivity contribution < 1.29 is 0 Å². The lowest BCUT2D eigenvalue weighted by molar-refractivity contribution is 0.666. The second-order valence-electron chi connectivity index (χ2n) is 21.2. The van der Waals surface area contributed by atoms with Gasteiger partial charge in [-0.05, 0) is 118 Å². The van der Waals surface area contributed by atoms with E-state index in [-0.39, 0.29) is 6.71 Å². The first-order valence-electron chi connectivity index (χ1n) is 28.7. The maximum Gasteiger partial charge on any atom is 0.252 e. The van der Waals surface area contributed by atoms with Crippen molar-refractivity contribution in [1.82, 2.24) is 0 Å². The molecule has 0 saturated heterocycles. The van der Waals surface area contributed by atoms with E-state index in [9.17, 15) is 0 Å². The summed E-state index contributed by atoms with van der Waals surface area (Å²) >= 11 is 0. The van der Waals surface area contributed by atoms with E-state index in [0.29, 0.717) is 0 Å². The highest BCUT2D eigenvalue weighted by Crippen LogP contribution is 2.53. The molecule has 0 saturated carbocycles. The Labute approximate surface area is 449 Å². The van der Waals surface area contributed by atoms with E-state index in [2.05, 4.69) is 237 Å². The van der Waals surface area contributed by atoms with Crippen LogP contribution >= 0.6 is 0 Å². The van der Waals surface area contributed by atoms with E-state index in [4.69, 9.17) is 0 Å². The molecule has 0 unspecified atom stereocenters. The van der Waals surface area contributed by atoms with E-state index in [1.54, 1.807) is 0 Å². The summed E-state index contributed by atoms with van der Waals surface area (Å²) in [6.45, 7) is 6.97. The van der Waals surface area contributed by atoms with Crippen LogP contribution in [0.5, 0.6) is 0 Å². The predicted molar refractivity (Wildman–Crippen MR) is 326 cm³/mol. The lowest BCUT2D eigenvalue weighted by atomic mass is 9.33. The van der Waals surface area contributed by atoms with E-state index in [0.717, 1.165) is 25.7 Å². The summed E-state index contributed by atoms with van der Waals surface area (Å²) < 4.78 is 0. The number of para-hydroxylation sites is 2. The van der Waals surface area contributed by atoms with Crippen LogP contribution in [-0.4, -0.2) is 6.71 Å². The van der Waals surface area contributed by atoms with Crippen LogP contribution in [-0.2, 0) is 19.3 Å². The lowest BCUT2D eigenvalue weighted by Crippen LogP contribution is -2.61. The van der Waals surface area contributed by atoms with Crippen molar-refractivity contribution >= 4 is 57.2 Å². The van der Waals surface area contributed by atoms with Gasteiger partial charge in [-0.25, -0.2) is 0 Å². The van der Waals surface area contributed by atoms with Gasteiger partial charge in [-0.15, -0.1) is 0 Å². The molecule has 0 N–H and O–H groups in total. The number of benzene rings is 9. The van der Waals surface area contributed by atoms with Gasteiger partial charge in [0.1, 0.15) is 0 Å². The molecule has 75 heavy (non-hydrogen) atoms. The lowest BCUT2D eigenvalue weighted by Gasteiger charge is -2.46. The van der Waals surface area contributed by atoms with Crippen LogP contribution in [0.3, 0.4) is 0 Å². The molecule has 9 aromatic rings. The number of aryl methyl sites for hydroxylation is 3. The standard InChI is InChI=1S/C72H73BN2/c1-4-7-10-17-30-53-45-47-64-66(49-53)74(71-60(56-33-20-13-21-34-56)41-28-42-61(71)57-35-22-14-23-36-57)68-51-55(32-19-12-9-6-3)52-69-70(68)73(64)65-48-46-54(31-18-11-8-5-2)50-67(65)75(69)72-62(58-37-24-15-25-38-58)43-29-44-63(72)59-39-26-16-27-40-59/h13-16,20-29,33-52H,4-12,17-19,30-32H2,1-3H3. The monoisotopic (exact) mass is 977 g/mol. The van der Waals surface area contributed by atoms with Crippen LogP contribution in [0.2, 0.25) is 0 Å². The number of unbranched alkanes of at least 4 members (excludes halogenated alkanes) is 9. The molecule has 0 fully saturated rings. The molecule has 0 radical (unpaired) electrons. The van der Waals surface area contributed by atoms with Crippen molar-refractivity contribution in [2.24, 2.45) is 0 Å². The Kier molecular flexibility index (Phi) is 15.6. The molecule has 0 amide bonds. The fourth-order valence-corrected chi connectivity index (χ4v) is 12.3. The first kappa shape index (κ1) is 49.8. The maximum atomic E-state index is 2.74. The molecule has 2 aliphatic rings. The van der Waals surface area contributed by atoms with E-state index >= 15 is 0 Å². The summed E-state index contributed by atoms with van der Waals surface area (Å²) in [6.07, 6.45) is 17.9. The Hall–Kier alpha value is -7.36. The smallest absolute Gasteiger partial charge is 0.252 e. The Bertz CT molecular complexity index is 3010. The number of fused-ring (bicyclic) bond motifs is 4. The van der Waals surface area contributed by atoms with Gasteiger partial charge in [0.05, 0.1) is 11.4 Å². The fraction of sp³-hybridized carbons (Fsp3) is 0.250. The summed E-state index contributed by atoms with van der Waals surface area (Å²) in [5, 5.41) is 0. The van der Waals surface area contributed by atoms with Crippen LogP contribution in [0, 0.1) is 0 Å². The van der Waals surface area contributed by atoms with Crippen molar-refractivity contribution in [3.05, 3.63) is 223 Å². The SMILES string of the molecule is CCCCCCc1ccc2c(c1)N(c1c(-c3ccccc3)cccc1-c1ccccc1)c1cc(CCCCCC)cc3c1B2c1ccc(CCCCCC)cc1N3c1c(-c2ccccc2)cccc1-c1ccccc1. The summed E-state index contributed by atoms with van der Waals surface area (Å²) in [5.74, 6) is 0. The van der Waals surface area contributed by atoms with Gasteiger partial charge in [-0.3, -0.25) is 0 Å². The minimum Gasteiger partial charge on any atom is -0.310 e. The van der Waals surface area contributed by atoms with Crippen molar-refractivity contribution in [1.29, 1.82) is 0 Å². The first-order valence-corrected chi connectivity index (χ1v) is 28.7. The predicted octanol–water partition coefficient (Wildman–Crippen LogP) is 18.8. The zero-order valence-electron chi connectivity index (χ0n) is 44.7. The first-order chi connectivity index (χ1) is 37.1. The van der Waals surface area contributed by atoms with Crippen LogP contribution in [0.25, 0.3) is 44.5 Å². The third-order valence-electron chi connectivity index (χ3n) is 16.1. The molecule has 11 rings (SSSR count). The van der Waals surface area contributed by atoms with Gasteiger partial charge in [0.15, 0.2) is 0 Å². The zero-order valence-corrected chi connectivity index (χ0v) is 44.7. The van der Waals surface area contributed by atoms with Crippen LogP contribution in [0.4, 0.5) is 34.1 Å². The number of anilines is 6. The van der Waals surface area contributed by atoms with E-state index in [1.807, 2.05) is 0 Å². The van der Waals surface area contributed by atoms with E-state index in [1.165, 1.54) is 182 Å². The number of hydrogen-bond acceptors (Lipinski definition) is 2. The second kappa shape index (κ2) is 23.5. The number of hydrogen-bond donors (Lipinski definition) is 0. The summed E-state index contributed by atoms with van der Waals surface area (Å²) in [7, 11) is 0. The molecule has 0 aromatic heterocycles. The van der Waals surface area contributed by atoms with Gasteiger partial charge in [0.2, 0.25) is 0 Å². The minimum absolute atomic E-state index is 0.0121. The highest BCUT2D eigenvalue weighted by atomic mass is 15.2. The minimum atomic E-state index is 0.0121. The Morgan fingerprint density at radius 1 is 0.293 bits per heavy atom. The molecule has 2 aliphatic heterocycles. The highest BCUT2D eigenvalue weighted by molar-refractivity contribution is 7.00. The van der Waals surface area contributed by atoms with Crippen LogP contribution in [0.15, 0.2) is 206 Å². The molecule has 0 atom stereocenters. The molecule has 2 heterocycles. The molecule has 374 valence electrons. The highest BCUT2D eigenvalue weighted by Gasteiger charge is 2.45. The number of rotatable bonds is 21. The van der Waals surface area contributed by atoms with Gasteiger partial charge < -0.3 is 9.80 Å². The summed E-state index contributed by atoms with van der Waals surface area (Å²) in [5.41, 5.74) is 25.8. The molecular weight excluding hydrogens is 904 g/mol. The molecule has 3 heteroatoms. The quantitative estimate of drug-likeness (QED) is 0.0523. The maximum absolute atomic E-state index is 2.74. The van der Waals surface area contributed by atoms with Crippen molar-refractivity contribution in [3.63, 3.8) is 0 Å². The average Bonchev–Trinajstić information content (AvgIpc) is 3.58. The zero-order chi connectivity index (χ0) is 50.9. The average molecular weight is 977 g/mol. The second-order valence-corrected chi connectivity index (χ2v) is 21.2. The fourth-order valence-electron chi connectivity index (χ4n) is 12.3. The topological polar surface area (TPSA) is 6.48 Å². The molecule has 0 bridgehead atoms. The van der Waals surface area contributed by atoms with Crippen LogP contribution in [0.1, 0.15) is 115 Å². The Morgan fingerprint density at radius 2 is 0.613 bits per heavy atom. The van der Waals surface area contributed by atoms with Crippen molar-refractivity contribution in [3.8, 4) is 44.5 Å². The van der Waals surface area contributed by atoms with Gasteiger partial charge in [0, 0.05) is 45.0 Å². The Morgan fingerprint density at radius 3 is 0.947 bits per heavy atom. The summed E-state index contributed by atoms with van der Waals surface area (Å²) in [6, 6.07) is 79.0. The van der Waals surface area contributed by atoms with Gasteiger partial charge >= 0.3 is 0 Å². The normalized spacial score (nSPS) is 12.4. The van der Waals surface area contributed by atoms with Crippen LogP contribution < -0.4 is 26.2 Å². The molecular formula is C72H73BN2. The molecule has 0 aliphatic carbocycles. The number of nitrogens with zero attached hydrogens (tertiary/aromatic N) is 2. The third kappa shape index (κ3) is 10.3. The molecule has 2 nitrogen and oxygen atoms in total. The third-order valence-corrected chi connectivity index (χ3v) is 16.1. The van der Waals surface area contributed by atoms with Crippen molar-refractivity contribution in [2.75, 3.05) is 9.80 Å². The summed E-state index contributed by atoms with van der Waals surface area (Å²) in [4.78, 5) is 5.49. The van der Waals surface area contributed by atoms with Gasteiger partial charge in [-0.2, -0.15) is 0 Å². The molecule has 0 spiro atoms. The Balaban J connectivity index is 1.26. The van der Waals surface area contributed by atoms with Crippen molar-refractivity contribution in [2.45, 2.75) is 117 Å².